The van der Waals surface area contributed by atoms with Crippen LogP contribution in [0.1, 0.15) is 16.7 Å². The van der Waals surface area contributed by atoms with Crippen LogP contribution >= 0.6 is 0 Å². The lowest BCUT2D eigenvalue weighted by atomic mass is 9.99. The minimum Gasteiger partial charge on any atom is -0.489 e. The SMILES string of the molecule is CN(CC(F)F)c1cc(COc2ccccc2CC=O)cc(-c2cccc(CN)c2F)c1.CO. The van der Waals surface area contributed by atoms with E-state index in [0.29, 0.717) is 33.7 Å². The van der Waals surface area contributed by atoms with Gasteiger partial charge in [0.25, 0.3) is 6.43 Å². The molecule has 0 aliphatic rings. The number of anilines is 1. The first-order valence-corrected chi connectivity index (χ1v) is 10.6. The summed E-state index contributed by atoms with van der Waals surface area (Å²) in [6, 6.07) is 17.3. The Morgan fingerprint density at radius 1 is 1.06 bits per heavy atom. The Morgan fingerprint density at radius 3 is 2.44 bits per heavy atom. The van der Waals surface area contributed by atoms with E-state index in [9.17, 15) is 18.0 Å². The first kappa shape index (κ1) is 26.9. The molecule has 0 fully saturated rings. The highest BCUT2D eigenvalue weighted by Gasteiger charge is 2.15. The lowest BCUT2D eigenvalue weighted by molar-refractivity contribution is -0.107. The number of aliphatic hydroxyl groups is 1. The number of benzene rings is 3. The average molecular weight is 475 g/mol. The Balaban J connectivity index is 0.00000199. The first-order chi connectivity index (χ1) is 16.4. The zero-order valence-electron chi connectivity index (χ0n) is 19.2. The fourth-order valence-electron chi connectivity index (χ4n) is 3.47. The largest absolute Gasteiger partial charge is 0.489 e. The number of halogens is 3. The molecule has 0 spiro atoms. The summed E-state index contributed by atoms with van der Waals surface area (Å²) in [5.41, 5.74) is 8.82. The van der Waals surface area contributed by atoms with Crippen molar-refractivity contribution in [3.05, 3.63) is 83.2 Å². The molecule has 3 aromatic carbocycles. The molecule has 3 N–H and O–H groups in total. The summed E-state index contributed by atoms with van der Waals surface area (Å²) >= 11 is 0. The third-order valence-corrected chi connectivity index (χ3v) is 5.11. The van der Waals surface area contributed by atoms with E-state index in [1.54, 1.807) is 61.6 Å². The van der Waals surface area contributed by atoms with Crippen molar-refractivity contribution in [2.24, 2.45) is 5.73 Å². The second-order valence-electron chi connectivity index (χ2n) is 7.41. The molecule has 0 atom stereocenters. The number of nitrogens with two attached hydrogens (primary N) is 1. The van der Waals surface area contributed by atoms with Crippen LogP contribution in [0.4, 0.5) is 18.9 Å². The van der Waals surface area contributed by atoms with Gasteiger partial charge in [-0.15, -0.1) is 0 Å². The fourth-order valence-corrected chi connectivity index (χ4v) is 3.47. The number of hydrogen-bond donors (Lipinski definition) is 2. The number of rotatable bonds is 10. The van der Waals surface area contributed by atoms with Gasteiger partial charge in [-0.05, 0) is 35.4 Å². The van der Waals surface area contributed by atoms with E-state index in [0.717, 1.165) is 19.0 Å². The van der Waals surface area contributed by atoms with E-state index in [-0.39, 0.29) is 19.6 Å². The quantitative estimate of drug-likeness (QED) is 0.421. The van der Waals surface area contributed by atoms with Crippen molar-refractivity contribution >= 4 is 12.0 Å². The maximum atomic E-state index is 14.9. The second-order valence-corrected chi connectivity index (χ2v) is 7.41. The van der Waals surface area contributed by atoms with Gasteiger partial charge in [-0.1, -0.05) is 36.4 Å². The Hall–Kier alpha value is -3.36. The normalized spacial score (nSPS) is 10.5. The highest BCUT2D eigenvalue weighted by Crippen LogP contribution is 2.31. The van der Waals surface area contributed by atoms with Gasteiger partial charge in [0.2, 0.25) is 0 Å². The van der Waals surface area contributed by atoms with Crippen molar-refractivity contribution in [3.63, 3.8) is 0 Å². The molecule has 34 heavy (non-hydrogen) atoms. The fraction of sp³-hybridized carbons (Fsp3) is 0.269. The molecule has 0 unspecified atom stereocenters. The predicted octanol–water partition coefficient (Wildman–Crippen LogP) is 4.58. The predicted molar refractivity (Wildman–Crippen MR) is 128 cm³/mol. The summed E-state index contributed by atoms with van der Waals surface area (Å²) < 4.78 is 46.8. The summed E-state index contributed by atoms with van der Waals surface area (Å²) in [5.74, 6) is 0.121. The van der Waals surface area contributed by atoms with Gasteiger partial charge in [-0.3, -0.25) is 0 Å². The van der Waals surface area contributed by atoms with Crippen LogP contribution in [-0.2, 0) is 24.4 Å². The van der Waals surface area contributed by atoms with Crippen molar-refractivity contribution < 1.29 is 27.8 Å². The van der Waals surface area contributed by atoms with Gasteiger partial charge < -0.3 is 25.3 Å². The van der Waals surface area contributed by atoms with Gasteiger partial charge in [0.05, 0.1) is 6.54 Å². The first-order valence-electron chi connectivity index (χ1n) is 10.6. The van der Waals surface area contributed by atoms with Crippen LogP contribution in [-0.4, -0.2) is 38.5 Å². The molecular weight excluding hydrogens is 445 g/mol. The molecule has 0 aromatic heterocycles. The monoisotopic (exact) mass is 474 g/mol. The summed E-state index contributed by atoms with van der Waals surface area (Å²) in [7, 11) is 2.56. The smallest absolute Gasteiger partial charge is 0.255 e. The standard InChI is InChI=1S/C25H25F3N2O2.CH4O/c1-30(15-24(26)27)21-12-17(16-32-23-8-3-2-5-18(23)9-10-31)11-20(13-21)22-7-4-6-19(14-29)25(22)28;1-2/h2-8,10-13,24H,9,14-16,29H2,1H3;2H,1H3. The number of ether oxygens (including phenoxy) is 1. The Kier molecular flexibility index (Phi) is 10.6. The van der Waals surface area contributed by atoms with Crippen molar-refractivity contribution in [1.82, 2.24) is 0 Å². The number of carbonyl (C=O) groups excluding carboxylic acids is 1. The molecule has 0 radical (unpaired) electrons. The summed E-state index contributed by atoms with van der Waals surface area (Å²) in [6.45, 7) is -0.289. The van der Waals surface area contributed by atoms with E-state index in [2.05, 4.69) is 0 Å². The molecule has 0 saturated heterocycles. The third-order valence-electron chi connectivity index (χ3n) is 5.11. The molecule has 3 aromatic rings. The molecule has 0 bridgehead atoms. The molecule has 0 heterocycles. The minimum absolute atomic E-state index is 0.0497. The van der Waals surface area contributed by atoms with Crippen molar-refractivity contribution in [1.29, 1.82) is 0 Å². The van der Waals surface area contributed by atoms with Gasteiger partial charge in [-0.25, -0.2) is 13.2 Å². The van der Waals surface area contributed by atoms with Gasteiger partial charge >= 0.3 is 0 Å². The Morgan fingerprint density at radius 2 is 1.76 bits per heavy atom. The maximum absolute atomic E-state index is 14.9. The number of aldehydes is 1. The van der Waals surface area contributed by atoms with Crippen molar-refractivity contribution in [2.45, 2.75) is 26.0 Å². The van der Waals surface area contributed by atoms with Crippen LogP contribution in [0.2, 0.25) is 0 Å². The van der Waals surface area contributed by atoms with Gasteiger partial charge in [0.1, 0.15) is 24.5 Å². The average Bonchev–Trinajstić information content (AvgIpc) is 2.84. The molecule has 0 aliphatic carbocycles. The zero-order chi connectivity index (χ0) is 25.1. The van der Waals surface area contributed by atoms with Crippen LogP contribution in [0, 0.1) is 5.82 Å². The maximum Gasteiger partial charge on any atom is 0.255 e. The molecule has 8 heteroatoms. The number of para-hydroxylation sites is 1. The number of alkyl halides is 2. The lowest BCUT2D eigenvalue weighted by Crippen LogP contribution is -2.24. The van der Waals surface area contributed by atoms with E-state index in [4.69, 9.17) is 15.6 Å². The van der Waals surface area contributed by atoms with Crippen LogP contribution in [0.3, 0.4) is 0 Å². The zero-order valence-corrected chi connectivity index (χ0v) is 19.2. The molecule has 0 amide bonds. The Bertz CT molecular complexity index is 1080. The molecule has 3 rings (SSSR count). The molecule has 0 aliphatic heterocycles. The molecular formula is C26H29F3N2O3. The highest BCUT2D eigenvalue weighted by atomic mass is 19.3. The van der Waals surface area contributed by atoms with Crippen LogP contribution in [0.15, 0.2) is 60.7 Å². The molecule has 0 saturated carbocycles. The third kappa shape index (κ3) is 7.07. The van der Waals surface area contributed by atoms with Gasteiger partial charge in [-0.2, -0.15) is 0 Å². The van der Waals surface area contributed by atoms with Gasteiger partial charge in [0, 0.05) is 49.5 Å². The molecule has 5 nitrogen and oxygen atoms in total. The second kappa shape index (κ2) is 13.4. The van der Waals surface area contributed by atoms with E-state index < -0.39 is 18.8 Å². The van der Waals surface area contributed by atoms with Crippen LogP contribution in [0.25, 0.3) is 11.1 Å². The van der Waals surface area contributed by atoms with Crippen molar-refractivity contribution in [2.75, 3.05) is 25.6 Å². The van der Waals surface area contributed by atoms with E-state index in [1.165, 1.54) is 4.90 Å². The number of carbonyl (C=O) groups is 1. The number of nitrogens with zero attached hydrogens (tertiary/aromatic N) is 1. The van der Waals surface area contributed by atoms with Crippen LogP contribution in [0.5, 0.6) is 5.75 Å². The summed E-state index contributed by atoms with van der Waals surface area (Å²) in [4.78, 5) is 12.3. The Labute approximate surface area is 197 Å². The van der Waals surface area contributed by atoms with Crippen LogP contribution < -0.4 is 15.4 Å². The lowest BCUT2D eigenvalue weighted by Gasteiger charge is -2.21. The van der Waals surface area contributed by atoms with E-state index >= 15 is 0 Å². The highest BCUT2D eigenvalue weighted by molar-refractivity contribution is 5.71. The van der Waals surface area contributed by atoms with Gasteiger partial charge in [0.15, 0.2) is 0 Å². The number of hydrogen-bond acceptors (Lipinski definition) is 5. The molecule has 182 valence electrons. The minimum atomic E-state index is -2.52. The van der Waals surface area contributed by atoms with E-state index in [1.807, 2.05) is 6.07 Å². The summed E-state index contributed by atoms with van der Waals surface area (Å²) in [5, 5.41) is 7.00. The number of aliphatic hydroxyl groups excluding tert-OH is 1. The van der Waals surface area contributed by atoms with Crippen molar-refractivity contribution in [3.8, 4) is 16.9 Å². The summed E-state index contributed by atoms with van der Waals surface area (Å²) in [6.07, 6.45) is -1.50. The topological polar surface area (TPSA) is 75.8 Å².